The molecular weight excluding hydrogens is 340 g/mol. The van der Waals surface area contributed by atoms with Gasteiger partial charge in [-0.25, -0.2) is 9.18 Å². The summed E-state index contributed by atoms with van der Waals surface area (Å²) >= 11 is 1.74. The fourth-order valence-corrected chi connectivity index (χ4v) is 2.12. The predicted octanol–water partition coefficient (Wildman–Crippen LogP) is 2.06. The van der Waals surface area contributed by atoms with E-state index in [9.17, 15) is 14.0 Å². The van der Waals surface area contributed by atoms with E-state index in [1.165, 1.54) is 19.2 Å². The van der Waals surface area contributed by atoms with Crippen molar-refractivity contribution in [3.63, 3.8) is 0 Å². The molecule has 0 aliphatic rings. The second-order valence-corrected chi connectivity index (χ2v) is 4.40. The van der Waals surface area contributed by atoms with Crippen molar-refractivity contribution in [1.82, 2.24) is 4.98 Å². The van der Waals surface area contributed by atoms with Crippen LogP contribution < -0.4 is 5.43 Å². The van der Waals surface area contributed by atoms with Crippen LogP contribution in [0, 0.1) is 9.39 Å². The van der Waals surface area contributed by atoms with Gasteiger partial charge in [0.25, 0.3) is 0 Å². The van der Waals surface area contributed by atoms with Crippen molar-refractivity contribution in [3.8, 4) is 0 Å². The number of fused-ring (bicyclic) bond motifs is 1. The van der Waals surface area contributed by atoms with E-state index in [1.807, 2.05) is 0 Å². The van der Waals surface area contributed by atoms with Crippen LogP contribution in [0.5, 0.6) is 0 Å². The molecule has 17 heavy (non-hydrogen) atoms. The van der Waals surface area contributed by atoms with Crippen molar-refractivity contribution >= 4 is 39.5 Å². The monoisotopic (exact) mass is 347 g/mol. The molecule has 0 aliphatic heterocycles. The number of aromatic nitrogens is 1. The summed E-state index contributed by atoms with van der Waals surface area (Å²) in [6.45, 7) is 0. The minimum atomic E-state index is -0.627. The molecule has 0 bridgehead atoms. The van der Waals surface area contributed by atoms with Crippen molar-refractivity contribution in [2.45, 2.75) is 0 Å². The maximum atomic E-state index is 13.0. The Labute approximate surface area is 109 Å². The van der Waals surface area contributed by atoms with Gasteiger partial charge in [-0.15, -0.1) is 0 Å². The molecule has 1 aromatic carbocycles. The number of aromatic amines is 1. The summed E-state index contributed by atoms with van der Waals surface area (Å²) in [4.78, 5) is 26.1. The summed E-state index contributed by atoms with van der Waals surface area (Å²) < 4.78 is 17.8. The van der Waals surface area contributed by atoms with E-state index in [0.29, 0.717) is 5.52 Å². The molecule has 0 radical (unpaired) electrons. The Kier molecular flexibility index (Phi) is 3.14. The fourth-order valence-electron chi connectivity index (χ4n) is 1.48. The number of rotatable bonds is 1. The number of carbonyl (C=O) groups excluding carboxylic acids is 1. The lowest BCUT2D eigenvalue weighted by Gasteiger charge is -2.05. The highest BCUT2D eigenvalue weighted by molar-refractivity contribution is 14.1. The highest BCUT2D eigenvalue weighted by Crippen LogP contribution is 2.15. The first-order chi connectivity index (χ1) is 8.04. The molecule has 0 saturated heterocycles. The first-order valence-electron chi connectivity index (χ1n) is 4.64. The standard InChI is InChI=1S/C11H7FINO3/c1-17-11(16)9-8(13)10(15)6-4-5(12)2-3-7(6)14-9/h2-4H,1H3,(H,14,15). The normalized spacial score (nSPS) is 10.5. The van der Waals surface area contributed by atoms with Gasteiger partial charge in [-0.3, -0.25) is 4.79 Å². The van der Waals surface area contributed by atoms with Crippen LogP contribution in [-0.2, 0) is 4.74 Å². The van der Waals surface area contributed by atoms with E-state index in [0.717, 1.165) is 6.07 Å². The molecule has 0 atom stereocenters. The van der Waals surface area contributed by atoms with Crippen LogP contribution in [0.2, 0.25) is 0 Å². The summed E-state index contributed by atoms with van der Waals surface area (Å²) in [6.07, 6.45) is 0. The molecular formula is C11H7FINO3. The van der Waals surface area contributed by atoms with Crippen LogP contribution in [0.15, 0.2) is 23.0 Å². The van der Waals surface area contributed by atoms with E-state index in [4.69, 9.17) is 0 Å². The second-order valence-electron chi connectivity index (χ2n) is 3.32. The quantitative estimate of drug-likeness (QED) is 0.635. The number of carbonyl (C=O) groups is 1. The number of benzene rings is 1. The molecule has 2 aromatic rings. The zero-order valence-electron chi connectivity index (χ0n) is 8.71. The average molecular weight is 347 g/mol. The SMILES string of the molecule is COC(=O)c1[nH]c2ccc(F)cc2c(=O)c1I. The summed E-state index contributed by atoms with van der Waals surface area (Å²) in [6, 6.07) is 3.76. The van der Waals surface area contributed by atoms with Crippen LogP contribution in [0.4, 0.5) is 4.39 Å². The van der Waals surface area contributed by atoms with Gasteiger partial charge < -0.3 is 9.72 Å². The maximum Gasteiger partial charge on any atom is 0.355 e. The molecule has 1 N–H and O–H groups in total. The number of hydrogen-bond donors (Lipinski definition) is 1. The highest BCUT2D eigenvalue weighted by atomic mass is 127. The van der Waals surface area contributed by atoms with E-state index in [2.05, 4.69) is 9.72 Å². The number of hydrogen-bond acceptors (Lipinski definition) is 3. The largest absolute Gasteiger partial charge is 0.464 e. The molecule has 0 saturated carbocycles. The number of esters is 1. The fraction of sp³-hybridized carbons (Fsp3) is 0.0909. The third kappa shape index (κ3) is 2.04. The molecule has 6 heteroatoms. The predicted molar refractivity (Wildman–Crippen MR) is 68.6 cm³/mol. The van der Waals surface area contributed by atoms with E-state index in [1.54, 1.807) is 22.6 Å². The summed E-state index contributed by atoms with van der Waals surface area (Å²) in [5.74, 6) is -1.12. The van der Waals surface area contributed by atoms with Crippen molar-refractivity contribution < 1.29 is 13.9 Å². The number of ether oxygens (including phenoxy) is 1. The second kappa shape index (κ2) is 4.44. The third-order valence-electron chi connectivity index (χ3n) is 2.29. The lowest BCUT2D eigenvalue weighted by atomic mass is 10.2. The number of methoxy groups -OCH3 is 1. The number of nitrogens with one attached hydrogen (secondary N) is 1. The minimum Gasteiger partial charge on any atom is -0.464 e. The van der Waals surface area contributed by atoms with Crippen LogP contribution >= 0.6 is 22.6 Å². The Bertz CT molecular complexity index is 666. The van der Waals surface area contributed by atoms with Gasteiger partial charge in [-0.2, -0.15) is 0 Å². The first kappa shape index (κ1) is 12.0. The van der Waals surface area contributed by atoms with Crippen LogP contribution in [0.25, 0.3) is 10.9 Å². The third-order valence-corrected chi connectivity index (χ3v) is 3.32. The Hall–Kier alpha value is -1.44. The van der Waals surface area contributed by atoms with Crippen molar-refractivity contribution in [2.75, 3.05) is 7.11 Å². The van der Waals surface area contributed by atoms with Gasteiger partial charge >= 0.3 is 5.97 Å². The molecule has 0 spiro atoms. The molecule has 0 aliphatic carbocycles. The number of pyridine rings is 1. The molecule has 1 heterocycles. The van der Waals surface area contributed by atoms with Crippen molar-refractivity contribution in [1.29, 1.82) is 0 Å². The number of H-pyrrole nitrogens is 1. The highest BCUT2D eigenvalue weighted by Gasteiger charge is 2.16. The summed E-state index contributed by atoms with van der Waals surface area (Å²) in [7, 11) is 1.23. The van der Waals surface area contributed by atoms with Crippen molar-refractivity contribution in [2.24, 2.45) is 0 Å². The lowest BCUT2D eigenvalue weighted by Crippen LogP contribution is -2.17. The molecule has 0 fully saturated rings. The van der Waals surface area contributed by atoms with Gasteiger partial charge in [0.05, 0.1) is 16.2 Å². The molecule has 4 nitrogen and oxygen atoms in total. The maximum absolute atomic E-state index is 13.0. The summed E-state index contributed by atoms with van der Waals surface area (Å²) in [5, 5.41) is 0.210. The molecule has 0 amide bonds. The van der Waals surface area contributed by atoms with Crippen LogP contribution in [0.1, 0.15) is 10.5 Å². The summed E-state index contributed by atoms with van der Waals surface area (Å²) in [5.41, 5.74) is 0.0914. The Morgan fingerprint density at radius 2 is 2.18 bits per heavy atom. The van der Waals surface area contributed by atoms with E-state index < -0.39 is 11.8 Å². The first-order valence-corrected chi connectivity index (χ1v) is 5.72. The molecule has 1 aromatic heterocycles. The topological polar surface area (TPSA) is 59.2 Å². The molecule has 2 rings (SSSR count). The van der Waals surface area contributed by atoms with Gasteiger partial charge in [0, 0.05) is 5.39 Å². The van der Waals surface area contributed by atoms with Gasteiger partial charge in [-0.05, 0) is 40.8 Å². The average Bonchev–Trinajstić information content (AvgIpc) is 2.33. The van der Waals surface area contributed by atoms with Crippen LogP contribution in [0.3, 0.4) is 0 Å². The Morgan fingerprint density at radius 1 is 1.47 bits per heavy atom. The molecule has 88 valence electrons. The van der Waals surface area contributed by atoms with Crippen LogP contribution in [-0.4, -0.2) is 18.1 Å². The lowest BCUT2D eigenvalue weighted by molar-refractivity contribution is 0.0593. The Balaban J connectivity index is 2.84. The molecule has 0 unspecified atom stereocenters. The van der Waals surface area contributed by atoms with Gasteiger partial charge in [-0.1, -0.05) is 0 Å². The van der Waals surface area contributed by atoms with Gasteiger partial charge in [0.1, 0.15) is 11.5 Å². The van der Waals surface area contributed by atoms with Gasteiger partial charge in [0.15, 0.2) is 0 Å². The Morgan fingerprint density at radius 3 is 2.82 bits per heavy atom. The van der Waals surface area contributed by atoms with Crippen molar-refractivity contribution in [3.05, 3.63) is 43.5 Å². The zero-order chi connectivity index (χ0) is 12.6. The zero-order valence-corrected chi connectivity index (χ0v) is 10.9. The van der Waals surface area contributed by atoms with E-state index >= 15 is 0 Å². The number of halogens is 2. The van der Waals surface area contributed by atoms with Gasteiger partial charge in [0.2, 0.25) is 5.43 Å². The minimum absolute atomic E-state index is 0.0807. The smallest absolute Gasteiger partial charge is 0.355 e. The van der Waals surface area contributed by atoms with E-state index in [-0.39, 0.29) is 20.1 Å².